The van der Waals surface area contributed by atoms with E-state index in [0.717, 1.165) is 18.8 Å². The molecule has 2 rings (SSSR count). The Balaban J connectivity index is 2.47. The third-order valence-corrected chi connectivity index (χ3v) is 2.99. The molecule has 3 nitrogen and oxygen atoms in total. The van der Waals surface area contributed by atoms with Crippen LogP contribution in [-0.4, -0.2) is 32.6 Å². The number of nitrogens with zero attached hydrogens (tertiary/aromatic N) is 1. The zero-order valence-corrected chi connectivity index (χ0v) is 9.58. The van der Waals surface area contributed by atoms with Gasteiger partial charge < -0.3 is 15.0 Å². The van der Waals surface area contributed by atoms with E-state index in [1.165, 1.54) is 11.1 Å². The smallest absolute Gasteiger partial charge is 0.124 e. The highest BCUT2D eigenvalue weighted by Gasteiger charge is 2.24. The molecule has 1 heterocycles. The number of methoxy groups -OCH3 is 1. The van der Waals surface area contributed by atoms with Gasteiger partial charge in [-0.1, -0.05) is 12.1 Å². The predicted octanol–water partition coefficient (Wildman–Crippen LogP) is 1.40. The molecule has 0 saturated carbocycles. The van der Waals surface area contributed by atoms with Crippen molar-refractivity contribution in [1.82, 2.24) is 10.2 Å². The van der Waals surface area contributed by atoms with Crippen LogP contribution in [-0.2, 0) is 6.54 Å². The quantitative estimate of drug-likeness (QED) is 0.791. The minimum absolute atomic E-state index is 0.407. The van der Waals surface area contributed by atoms with E-state index in [9.17, 15) is 0 Å². The highest BCUT2D eigenvalue weighted by atomic mass is 16.5. The lowest BCUT2D eigenvalue weighted by molar-refractivity contribution is 0.266. The number of rotatable bonds is 2. The van der Waals surface area contributed by atoms with Gasteiger partial charge in [-0.3, -0.25) is 0 Å². The zero-order valence-electron chi connectivity index (χ0n) is 9.58. The Kier molecular flexibility index (Phi) is 2.93. The van der Waals surface area contributed by atoms with Crippen LogP contribution < -0.4 is 10.1 Å². The number of nitrogens with one attached hydrogen (secondary N) is 1. The minimum Gasteiger partial charge on any atom is -0.496 e. The molecule has 1 N–H and O–H groups in total. The molecule has 1 aliphatic heterocycles. The average Bonchev–Trinajstić information content (AvgIpc) is 2.27. The van der Waals surface area contributed by atoms with Crippen molar-refractivity contribution in [3.05, 3.63) is 29.3 Å². The molecule has 0 spiro atoms. The predicted molar refractivity (Wildman–Crippen MR) is 61.1 cm³/mol. The molecule has 0 unspecified atom stereocenters. The molecule has 0 bridgehead atoms. The fraction of sp³-hybridized carbons (Fsp3) is 0.500. The van der Waals surface area contributed by atoms with Crippen molar-refractivity contribution < 1.29 is 4.74 Å². The van der Waals surface area contributed by atoms with Crippen LogP contribution in [0.1, 0.15) is 17.2 Å². The zero-order chi connectivity index (χ0) is 10.8. The van der Waals surface area contributed by atoms with Crippen LogP contribution in [0.5, 0.6) is 5.75 Å². The Labute approximate surface area is 91.0 Å². The Hall–Kier alpha value is -1.06. The molecule has 15 heavy (non-hydrogen) atoms. The summed E-state index contributed by atoms with van der Waals surface area (Å²) in [6, 6.07) is 6.67. The van der Waals surface area contributed by atoms with Gasteiger partial charge in [-0.25, -0.2) is 0 Å². The summed E-state index contributed by atoms with van der Waals surface area (Å²) in [6.45, 7) is 1.93. The standard InChI is InChI=1S/C12H18N2O/c1-14(2)10-8-13-7-9-5-4-6-11(15-3)12(9)10/h4-6,10,13H,7-8H2,1-3H3/t10-/m1/s1. The van der Waals surface area contributed by atoms with Gasteiger partial charge in [0.2, 0.25) is 0 Å². The van der Waals surface area contributed by atoms with E-state index in [1.54, 1.807) is 7.11 Å². The van der Waals surface area contributed by atoms with Gasteiger partial charge in [0.25, 0.3) is 0 Å². The van der Waals surface area contributed by atoms with E-state index in [-0.39, 0.29) is 0 Å². The number of ether oxygens (including phenoxy) is 1. The third-order valence-electron chi connectivity index (χ3n) is 2.99. The maximum atomic E-state index is 5.44. The number of likely N-dealkylation sites (N-methyl/N-ethyl adjacent to an activating group) is 1. The fourth-order valence-electron chi connectivity index (χ4n) is 2.19. The topological polar surface area (TPSA) is 24.5 Å². The summed E-state index contributed by atoms with van der Waals surface area (Å²) in [6.07, 6.45) is 0. The molecule has 0 radical (unpaired) electrons. The van der Waals surface area contributed by atoms with Crippen molar-refractivity contribution in [2.45, 2.75) is 12.6 Å². The highest BCUT2D eigenvalue weighted by Crippen LogP contribution is 2.33. The maximum absolute atomic E-state index is 5.44. The molecule has 1 aliphatic rings. The Morgan fingerprint density at radius 3 is 2.87 bits per heavy atom. The third kappa shape index (κ3) is 1.85. The number of hydrogen-bond donors (Lipinski definition) is 1. The second-order valence-corrected chi connectivity index (χ2v) is 4.14. The summed E-state index contributed by atoms with van der Waals surface area (Å²) in [5, 5.41) is 3.43. The van der Waals surface area contributed by atoms with Crippen LogP contribution in [0.3, 0.4) is 0 Å². The van der Waals surface area contributed by atoms with Crippen LogP contribution in [0.25, 0.3) is 0 Å². The maximum Gasteiger partial charge on any atom is 0.124 e. The van der Waals surface area contributed by atoms with Crippen molar-refractivity contribution in [2.24, 2.45) is 0 Å². The molecule has 0 amide bonds. The molecular weight excluding hydrogens is 188 g/mol. The summed E-state index contributed by atoms with van der Waals surface area (Å²) < 4.78 is 5.44. The van der Waals surface area contributed by atoms with Gasteiger partial charge in [-0.2, -0.15) is 0 Å². The van der Waals surface area contributed by atoms with Crippen LogP contribution >= 0.6 is 0 Å². The average molecular weight is 206 g/mol. The van der Waals surface area contributed by atoms with Crippen LogP contribution in [0.2, 0.25) is 0 Å². The first kappa shape index (κ1) is 10.5. The van der Waals surface area contributed by atoms with Crippen LogP contribution in [0.4, 0.5) is 0 Å². The van der Waals surface area contributed by atoms with Gasteiger partial charge in [-0.05, 0) is 25.7 Å². The lowest BCUT2D eigenvalue weighted by atomic mass is 9.95. The second kappa shape index (κ2) is 4.21. The highest BCUT2D eigenvalue weighted by molar-refractivity contribution is 5.44. The van der Waals surface area contributed by atoms with E-state index in [1.807, 2.05) is 6.07 Å². The molecule has 0 aromatic heterocycles. The first-order chi connectivity index (χ1) is 7.24. The summed E-state index contributed by atoms with van der Waals surface area (Å²) in [5.41, 5.74) is 2.68. The first-order valence-electron chi connectivity index (χ1n) is 5.27. The largest absolute Gasteiger partial charge is 0.496 e. The van der Waals surface area contributed by atoms with Gasteiger partial charge in [0.1, 0.15) is 5.75 Å². The number of fused-ring (bicyclic) bond motifs is 1. The van der Waals surface area contributed by atoms with E-state index >= 15 is 0 Å². The number of benzene rings is 1. The molecule has 0 aliphatic carbocycles. The van der Waals surface area contributed by atoms with Crippen molar-refractivity contribution in [3.63, 3.8) is 0 Å². The van der Waals surface area contributed by atoms with Gasteiger partial charge in [0.05, 0.1) is 13.2 Å². The minimum atomic E-state index is 0.407. The summed E-state index contributed by atoms with van der Waals surface area (Å²) in [5.74, 6) is 1.01. The molecule has 3 heteroatoms. The van der Waals surface area contributed by atoms with E-state index in [2.05, 4.69) is 36.4 Å². The molecule has 1 atom stereocenters. The van der Waals surface area contributed by atoms with Gasteiger partial charge in [-0.15, -0.1) is 0 Å². The Bertz CT molecular complexity index is 335. The van der Waals surface area contributed by atoms with Gasteiger partial charge in [0, 0.05) is 18.7 Å². The van der Waals surface area contributed by atoms with E-state index in [4.69, 9.17) is 4.74 Å². The molecule has 1 aromatic rings. The molecule has 0 fully saturated rings. The van der Waals surface area contributed by atoms with Crippen molar-refractivity contribution in [1.29, 1.82) is 0 Å². The Morgan fingerprint density at radius 1 is 1.40 bits per heavy atom. The van der Waals surface area contributed by atoms with E-state index < -0.39 is 0 Å². The van der Waals surface area contributed by atoms with Gasteiger partial charge in [0.15, 0.2) is 0 Å². The Morgan fingerprint density at radius 2 is 2.20 bits per heavy atom. The monoisotopic (exact) mass is 206 g/mol. The lowest BCUT2D eigenvalue weighted by Crippen LogP contribution is -2.36. The van der Waals surface area contributed by atoms with Crippen LogP contribution in [0.15, 0.2) is 18.2 Å². The summed E-state index contributed by atoms with van der Waals surface area (Å²) >= 11 is 0. The van der Waals surface area contributed by atoms with Crippen molar-refractivity contribution in [3.8, 4) is 5.75 Å². The van der Waals surface area contributed by atoms with Crippen molar-refractivity contribution >= 4 is 0 Å². The van der Waals surface area contributed by atoms with Crippen LogP contribution in [0, 0.1) is 0 Å². The van der Waals surface area contributed by atoms with Crippen molar-refractivity contribution in [2.75, 3.05) is 27.7 Å². The number of hydrogen-bond acceptors (Lipinski definition) is 3. The molecular formula is C12H18N2O. The summed E-state index contributed by atoms with van der Waals surface area (Å²) in [7, 11) is 5.95. The molecule has 1 aromatic carbocycles. The molecule has 82 valence electrons. The second-order valence-electron chi connectivity index (χ2n) is 4.14. The molecule has 0 saturated heterocycles. The fourth-order valence-corrected chi connectivity index (χ4v) is 2.19. The SMILES string of the molecule is COc1cccc2c1[C@H](N(C)C)CNC2. The van der Waals surface area contributed by atoms with Gasteiger partial charge >= 0.3 is 0 Å². The summed E-state index contributed by atoms with van der Waals surface area (Å²) in [4.78, 5) is 2.23. The lowest BCUT2D eigenvalue weighted by Gasteiger charge is -2.32. The normalized spacial score (nSPS) is 20.1. The van der Waals surface area contributed by atoms with E-state index in [0.29, 0.717) is 6.04 Å². The first-order valence-corrected chi connectivity index (χ1v) is 5.27.